The fourth-order valence-electron chi connectivity index (χ4n) is 8.33. The Hall–Kier alpha value is -5.41. The Morgan fingerprint density at radius 1 is 0.425 bits per heavy atom. The maximum atomic E-state index is 10.6. The van der Waals surface area contributed by atoms with Crippen LogP contribution in [-0.4, -0.2) is 211 Å². The number of rotatable bonds is 6. The Kier molecular flexibility index (Phi) is 19.3. The van der Waals surface area contributed by atoms with E-state index in [9.17, 15) is 51.5 Å². The van der Waals surface area contributed by atoms with E-state index in [0.717, 1.165) is 56.7 Å². The summed E-state index contributed by atoms with van der Waals surface area (Å²) in [4.78, 5) is 36.8. The third kappa shape index (κ3) is 14.1. The van der Waals surface area contributed by atoms with E-state index < -0.39 is 80.5 Å². The molecule has 12 rings (SSSR count). The van der Waals surface area contributed by atoms with Gasteiger partial charge in [-0.1, -0.05) is 97.1 Å². The molecule has 5 aliphatic heterocycles. The standard InChI is InChI=1S/C32H18N8.3C4H9NO6S2.Al/c1-2-10-18-17(9-1)25-33-26(18)38-28-21-13-5-6-14-22(21)30(35-28)40-32-24-16-8-7-15-23(24)31(36-32)39-29-20-12-4-3-11-19(20)27(34-29)37-25;3*6-12(7)5-1-2-11-4(3-5)13(8,9)10;/h1-16H,(H2,33,34,35,36,37,38,39,40);3*4H,1-3H2,(H,6,7)(H,8,9,10);/q;;;;+3/p-3. The summed E-state index contributed by atoms with van der Waals surface area (Å²) in [6, 6.07) is 32.2. The molecule has 8 bridgehead atoms. The van der Waals surface area contributed by atoms with Gasteiger partial charge in [0, 0.05) is 97.2 Å². The minimum Gasteiger partial charge on any atom is -0.760 e. The van der Waals surface area contributed by atoms with Crippen LogP contribution in [0.1, 0.15) is 0 Å². The Balaban J connectivity index is 0.000000172. The largest absolute Gasteiger partial charge is 3.00 e. The molecule has 3 saturated heterocycles. The maximum absolute atomic E-state index is 10.6. The fraction of sp³-hybridized carbons (Fsp3) is 0.273. The van der Waals surface area contributed by atoms with Gasteiger partial charge in [0.2, 0.25) is 0 Å². The summed E-state index contributed by atoms with van der Waals surface area (Å²) in [6.45, 7) is -0.930. The molecular weight excluding hydrogens is 1190 g/mol. The van der Waals surface area contributed by atoms with Crippen LogP contribution in [0.5, 0.6) is 0 Å². The van der Waals surface area contributed by atoms with Gasteiger partial charge in [-0.05, 0) is 0 Å². The van der Waals surface area contributed by atoms with Gasteiger partial charge in [-0.3, -0.25) is 26.3 Å². The number of aromatic nitrogens is 8. The van der Waals surface area contributed by atoms with Crippen LogP contribution in [-0.2, 0) is 78.4 Å². The summed E-state index contributed by atoms with van der Waals surface area (Å²) in [5.41, 5.74) is 2.03. The predicted octanol–water partition coefficient (Wildman–Crippen LogP) is 1.47. The van der Waals surface area contributed by atoms with Gasteiger partial charge in [0.1, 0.15) is 22.6 Å². The van der Waals surface area contributed by atoms with Crippen LogP contribution in [0.3, 0.4) is 0 Å². The van der Waals surface area contributed by atoms with E-state index in [1.807, 2.05) is 97.1 Å². The van der Waals surface area contributed by atoms with Gasteiger partial charge in [-0.25, -0.2) is 42.8 Å². The summed E-state index contributed by atoms with van der Waals surface area (Å²) >= 11 is -7.44. The average molecular weight is 1230 g/mol. The number of hydrogen-bond donors (Lipinski definition) is 5. The van der Waals surface area contributed by atoms with Crippen molar-refractivity contribution in [3.8, 4) is 45.6 Å². The van der Waals surface area contributed by atoms with Crippen molar-refractivity contribution in [1.29, 1.82) is 0 Å². The van der Waals surface area contributed by atoms with Gasteiger partial charge in [0.05, 0.1) is 39.5 Å². The minimum absolute atomic E-state index is 0. The first-order valence-corrected chi connectivity index (χ1v) is 30.6. The Morgan fingerprint density at radius 2 is 0.650 bits per heavy atom. The van der Waals surface area contributed by atoms with Crippen molar-refractivity contribution in [2.45, 2.75) is 16.3 Å². The van der Waals surface area contributed by atoms with E-state index in [2.05, 4.69) is 24.2 Å². The molecule has 7 aromatic rings. The number of morpholine rings is 3. The fourth-order valence-corrected chi connectivity index (χ4v) is 12.0. The van der Waals surface area contributed by atoms with Crippen molar-refractivity contribution < 1.29 is 79.4 Å². The molecule has 420 valence electrons. The second kappa shape index (κ2) is 25.4. The van der Waals surface area contributed by atoms with Crippen molar-refractivity contribution in [2.75, 3.05) is 59.1 Å². The van der Waals surface area contributed by atoms with Crippen LogP contribution in [0, 0.1) is 0 Å². The molecule has 5 aliphatic rings. The molecule has 8 heterocycles. The van der Waals surface area contributed by atoms with Crippen LogP contribution in [0.4, 0.5) is 0 Å². The molecule has 6 atom stereocenters. The van der Waals surface area contributed by atoms with Crippen LogP contribution in [0.15, 0.2) is 97.1 Å². The summed E-state index contributed by atoms with van der Waals surface area (Å²) in [7, 11) is -13.0. The number of nitrogens with zero attached hydrogens (tertiary/aromatic N) is 9. The van der Waals surface area contributed by atoms with Crippen molar-refractivity contribution >= 4 is 126 Å². The first-order valence-electron chi connectivity index (χ1n) is 23.0. The Morgan fingerprint density at radius 3 is 0.863 bits per heavy atom. The molecule has 0 radical (unpaired) electrons. The zero-order chi connectivity index (χ0) is 56.4. The second-order valence-electron chi connectivity index (χ2n) is 17.1. The Labute approximate surface area is 472 Å². The number of aromatic amines is 2. The molecule has 6 unspecified atom stereocenters. The molecule has 36 heteroatoms. The predicted molar refractivity (Wildman–Crippen MR) is 287 cm³/mol. The zero-order valence-electron chi connectivity index (χ0n) is 40.9. The van der Waals surface area contributed by atoms with Gasteiger partial charge in [0.15, 0.2) is 39.6 Å². The Bertz CT molecular complexity index is 3600. The van der Waals surface area contributed by atoms with E-state index >= 15 is 0 Å². The topological polar surface area (TPSA) is 430 Å². The van der Waals surface area contributed by atoms with Crippen molar-refractivity contribution in [1.82, 2.24) is 52.8 Å². The van der Waals surface area contributed by atoms with Gasteiger partial charge < -0.3 is 37.8 Å². The van der Waals surface area contributed by atoms with Crippen LogP contribution < -0.4 is 0 Å². The molecule has 0 spiro atoms. The number of ether oxygens (including phenoxy) is 3. The second-order valence-corrected chi connectivity index (χ2v) is 24.6. The van der Waals surface area contributed by atoms with Crippen molar-refractivity contribution in [2.24, 2.45) is 0 Å². The van der Waals surface area contributed by atoms with E-state index in [4.69, 9.17) is 43.6 Å². The average Bonchev–Trinajstić information content (AvgIpc) is 4.17. The number of fused-ring (bicyclic) bond motifs is 20. The van der Waals surface area contributed by atoms with Crippen LogP contribution in [0.2, 0.25) is 0 Å². The van der Waals surface area contributed by atoms with Crippen LogP contribution >= 0.6 is 0 Å². The first-order chi connectivity index (χ1) is 37.5. The summed E-state index contributed by atoms with van der Waals surface area (Å²) in [6.07, 6.45) is 0. The van der Waals surface area contributed by atoms with Gasteiger partial charge in [-0.15, -0.1) is 0 Å². The van der Waals surface area contributed by atoms with E-state index in [1.54, 1.807) is 0 Å². The maximum Gasteiger partial charge on any atom is 3.00 e. The van der Waals surface area contributed by atoms with Gasteiger partial charge >= 0.3 is 17.4 Å². The monoisotopic (exact) mass is 1230 g/mol. The molecule has 0 saturated carbocycles. The number of benzene rings is 4. The normalized spacial score (nSPS) is 19.9. The summed E-state index contributed by atoms with van der Waals surface area (Å²) < 4.78 is 168. The summed E-state index contributed by atoms with van der Waals surface area (Å²) in [5.74, 6) is 2.39. The van der Waals surface area contributed by atoms with Crippen molar-refractivity contribution in [3.63, 3.8) is 0 Å². The summed E-state index contributed by atoms with van der Waals surface area (Å²) in [5, 5.41) is 3.82. The SMILES string of the molecule is O=S([O-])N1CCOC(S(=O)(=O)O)C1.O=S([O-])N1CCOC(S(=O)(=O)O)C1.O=S([O-])N1CCOC(S(=O)(=O)O)C1.[Al+3].c1ccc2c(c1)-c1nc-2nc2[nH]c(nc3nc(nc4[nH]c(n1)c1ccccc41)-c1ccccc1-3)c1ccccc21. The smallest absolute Gasteiger partial charge is 0.760 e. The van der Waals surface area contributed by atoms with E-state index in [-0.39, 0.29) is 76.5 Å². The number of nitrogens with one attached hydrogen (secondary N) is 2. The van der Waals surface area contributed by atoms with Gasteiger partial charge in [0.25, 0.3) is 30.4 Å². The molecule has 29 nitrogen and oxygen atoms in total. The third-order valence-electron chi connectivity index (χ3n) is 12.1. The molecule has 0 aliphatic carbocycles. The molecule has 3 fully saturated rings. The molecule has 3 aromatic heterocycles. The molecule has 0 amide bonds. The quantitative estimate of drug-likeness (QED) is 0.0894. The molecule has 5 N–H and O–H groups in total. The zero-order valence-corrected chi connectivity index (χ0v) is 46.9. The van der Waals surface area contributed by atoms with Crippen molar-refractivity contribution in [3.05, 3.63) is 97.1 Å². The molecule has 80 heavy (non-hydrogen) atoms. The third-order valence-corrected chi connectivity index (χ3v) is 17.2. The van der Waals surface area contributed by atoms with E-state index in [0.29, 0.717) is 45.9 Å². The first kappa shape index (κ1) is 60.7. The number of H-pyrrole nitrogens is 2. The minimum atomic E-state index is -4.33. The molecule has 4 aromatic carbocycles. The van der Waals surface area contributed by atoms with Crippen LogP contribution in [0.25, 0.3) is 89.7 Å². The van der Waals surface area contributed by atoms with E-state index in [1.165, 1.54) is 0 Å². The number of hydrogen-bond acceptors (Lipinski definition) is 21. The molecular formula is C44H42AlN11O18S6. The van der Waals surface area contributed by atoms with Gasteiger partial charge in [-0.2, -0.15) is 25.3 Å².